The molecule has 1 aromatic carbocycles. The molecular weight excluding hydrogens is 555 g/mol. The van der Waals surface area contributed by atoms with Crippen LogP contribution in [-0.4, -0.2) is 63.8 Å². The quantitative estimate of drug-likeness (QED) is 0.343. The van der Waals surface area contributed by atoms with Crippen molar-refractivity contribution in [2.24, 2.45) is 0 Å². The van der Waals surface area contributed by atoms with Crippen LogP contribution in [0.5, 0.6) is 5.75 Å². The van der Waals surface area contributed by atoms with Gasteiger partial charge in [-0.1, -0.05) is 6.07 Å². The maximum Gasteiger partial charge on any atom is 0.420 e. The van der Waals surface area contributed by atoms with E-state index < -0.39 is 17.6 Å². The molecule has 214 valence electrons. The Hall–Kier alpha value is -3.90. The Morgan fingerprint density at radius 1 is 1.12 bits per heavy atom. The van der Waals surface area contributed by atoms with E-state index in [0.717, 1.165) is 29.6 Å². The van der Waals surface area contributed by atoms with Crippen LogP contribution in [0.15, 0.2) is 54.2 Å². The van der Waals surface area contributed by atoms with Crippen molar-refractivity contribution < 1.29 is 27.5 Å². The molecule has 0 radical (unpaired) electrons. The first-order valence-electron chi connectivity index (χ1n) is 13.4. The lowest BCUT2D eigenvalue weighted by Crippen LogP contribution is -2.36. The number of rotatable bonds is 5. The Balaban J connectivity index is 1.16. The molecule has 2 aliphatic rings. The highest BCUT2D eigenvalue weighted by Crippen LogP contribution is 2.39. The molecule has 1 saturated heterocycles. The molecule has 3 aromatic heterocycles. The van der Waals surface area contributed by atoms with Crippen LogP contribution in [0.1, 0.15) is 49.7 Å². The van der Waals surface area contributed by atoms with Gasteiger partial charge in [0.1, 0.15) is 23.2 Å². The number of anilines is 1. The van der Waals surface area contributed by atoms with Crippen LogP contribution in [0.25, 0.3) is 5.65 Å². The minimum Gasteiger partial charge on any atom is -0.490 e. The average Bonchev–Trinajstić information content (AvgIpc) is 3.58. The molecular formula is C29H28F3N5O3S. The number of benzene rings is 1. The van der Waals surface area contributed by atoms with Crippen molar-refractivity contribution in [3.63, 3.8) is 0 Å². The summed E-state index contributed by atoms with van der Waals surface area (Å²) in [7, 11) is 1.97. The van der Waals surface area contributed by atoms with Gasteiger partial charge < -0.3 is 19.9 Å². The molecule has 0 atom stereocenters. The Bertz CT molecular complexity index is 1610. The first-order chi connectivity index (χ1) is 19.7. The van der Waals surface area contributed by atoms with Gasteiger partial charge in [-0.15, -0.1) is 11.3 Å². The minimum absolute atomic E-state index is 0.0400. The van der Waals surface area contributed by atoms with Crippen molar-refractivity contribution in [1.82, 2.24) is 19.2 Å². The molecule has 0 unspecified atom stereocenters. The Morgan fingerprint density at radius 2 is 1.93 bits per heavy atom. The molecule has 2 aliphatic heterocycles. The number of ether oxygens (including phenoxy) is 1. The van der Waals surface area contributed by atoms with Crippen LogP contribution in [0.3, 0.4) is 0 Å². The molecule has 8 nitrogen and oxygen atoms in total. The number of nitrogens with zero attached hydrogens (tertiary/aromatic N) is 4. The Morgan fingerprint density at radius 3 is 2.71 bits per heavy atom. The number of thiophene rings is 1. The van der Waals surface area contributed by atoms with E-state index in [1.165, 1.54) is 23.5 Å². The number of pyridine rings is 1. The molecule has 0 bridgehead atoms. The lowest BCUT2D eigenvalue weighted by molar-refractivity contribution is -0.139. The number of hydrogen-bond acceptors (Lipinski definition) is 6. The number of piperidine rings is 1. The second-order valence-corrected chi connectivity index (χ2v) is 11.3. The summed E-state index contributed by atoms with van der Waals surface area (Å²) in [5.41, 5.74) is 1.49. The number of hydrogen-bond donors (Lipinski definition) is 1. The van der Waals surface area contributed by atoms with Crippen molar-refractivity contribution in [2.45, 2.75) is 38.1 Å². The van der Waals surface area contributed by atoms with Gasteiger partial charge in [0.2, 0.25) is 0 Å². The normalized spacial score (nSPS) is 16.5. The maximum atomic E-state index is 13.9. The van der Waals surface area contributed by atoms with Gasteiger partial charge in [0.25, 0.3) is 11.8 Å². The monoisotopic (exact) mass is 583 g/mol. The molecule has 0 aliphatic carbocycles. The summed E-state index contributed by atoms with van der Waals surface area (Å²) in [6, 6.07) is 9.15. The summed E-state index contributed by atoms with van der Waals surface area (Å²) in [6.45, 7) is 2.27. The third-order valence-corrected chi connectivity index (χ3v) is 8.63. The van der Waals surface area contributed by atoms with Crippen LogP contribution in [0, 0.1) is 0 Å². The number of amides is 2. The van der Waals surface area contributed by atoms with Crippen LogP contribution < -0.4 is 10.1 Å². The molecule has 1 fully saturated rings. The maximum absolute atomic E-state index is 13.9. The van der Waals surface area contributed by atoms with E-state index in [-0.39, 0.29) is 23.4 Å². The number of carbonyl (C=O) groups excluding carboxylic acids is 2. The molecule has 0 spiro atoms. The zero-order valence-electron chi connectivity index (χ0n) is 22.3. The number of carbonyl (C=O) groups is 2. The van der Waals surface area contributed by atoms with Gasteiger partial charge in [-0.3, -0.25) is 14.0 Å². The fourth-order valence-corrected chi connectivity index (χ4v) is 6.45. The summed E-state index contributed by atoms with van der Waals surface area (Å²) in [6.07, 6.45) is 0.177. The molecule has 0 saturated carbocycles. The topological polar surface area (TPSA) is 79.2 Å². The highest BCUT2D eigenvalue weighted by atomic mass is 32.1. The van der Waals surface area contributed by atoms with Crippen molar-refractivity contribution in [1.29, 1.82) is 0 Å². The first-order valence-corrected chi connectivity index (χ1v) is 14.2. The highest BCUT2D eigenvalue weighted by molar-refractivity contribution is 7.10. The van der Waals surface area contributed by atoms with E-state index in [9.17, 15) is 22.8 Å². The number of aromatic nitrogens is 2. The second kappa shape index (κ2) is 10.8. The number of imidazole rings is 1. The van der Waals surface area contributed by atoms with E-state index in [0.29, 0.717) is 49.3 Å². The summed E-state index contributed by atoms with van der Waals surface area (Å²) in [5.74, 6) is -0.870. The van der Waals surface area contributed by atoms with E-state index >= 15 is 0 Å². The highest BCUT2D eigenvalue weighted by Gasteiger charge is 2.36. The van der Waals surface area contributed by atoms with Crippen LogP contribution in [0.2, 0.25) is 0 Å². The van der Waals surface area contributed by atoms with Crippen molar-refractivity contribution >= 4 is 34.5 Å². The summed E-state index contributed by atoms with van der Waals surface area (Å²) < 4.78 is 49.3. The predicted octanol–water partition coefficient (Wildman–Crippen LogP) is 5.34. The molecule has 12 heteroatoms. The molecule has 2 amide bonds. The van der Waals surface area contributed by atoms with Gasteiger partial charge in [0.05, 0.1) is 23.9 Å². The van der Waals surface area contributed by atoms with Gasteiger partial charge >= 0.3 is 6.18 Å². The molecule has 6 rings (SSSR count). The Kier molecular flexibility index (Phi) is 7.20. The number of alkyl halides is 3. The standard InChI is InChI=1S/C29H28F3N5O3S/c1-35-11-7-19(8-12-35)40-24-6-5-18(14-22(24)29(30,31)32)34-27(38)21-17-41-25-16-36(13-9-20(21)25)28(39)23-15-33-26-4-2-3-10-37(23)26/h2-6,10,14-15,17,19H,7-9,11-13,16H2,1H3,(H,34,38). The van der Waals surface area contributed by atoms with Gasteiger partial charge in [-0.05, 0) is 62.2 Å². The SMILES string of the molecule is CN1CCC(Oc2ccc(NC(=O)c3csc4c3CCN(C(=O)c3cnc5ccccn35)C4)cc2C(F)(F)F)CC1. The van der Waals surface area contributed by atoms with Gasteiger partial charge in [0.15, 0.2) is 0 Å². The third-order valence-electron chi connectivity index (χ3n) is 7.62. The van der Waals surface area contributed by atoms with Gasteiger partial charge in [0, 0.05) is 41.8 Å². The van der Waals surface area contributed by atoms with Gasteiger partial charge in [-0.25, -0.2) is 4.98 Å². The molecule has 1 N–H and O–H groups in total. The van der Waals surface area contributed by atoms with E-state index in [1.54, 1.807) is 27.1 Å². The summed E-state index contributed by atoms with van der Waals surface area (Å²) >= 11 is 1.36. The van der Waals surface area contributed by atoms with E-state index in [4.69, 9.17) is 4.74 Å². The number of halogens is 3. The smallest absolute Gasteiger partial charge is 0.420 e. The van der Waals surface area contributed by atoms with Gasteiger partial charge in [-0.2, -0.15) is 13.2 Å². The molecule has 5 heterocycles. The number of nitrogens with one attached hydrogen (secondary N) is 1. The van der Waals surface area contributed by atoms with Crippen LogP contribution in [-0.2, 0) is 19.1 Å². The van der Waals surface area contributed by atoms with Crippen LogP contribution >= 0.6 is 11.3 Å². The minimum atomic E-state index is -4.64. The second-order valence-electron chi connectivity index (χ2n) is 10.4. The lowest BCUT2D eigenvalue weighted by atomic mass is 10.0. The number of fused-ring (bicyclic) bond motifs is 2. The van der Waals surface area contributed by atoms with E-state index in [1.807, 2.05) is 25.2 Å². The third kappa shape index (κ3) is 5.53. The Labute approximate surface area is 238 Å². The summed E-state index contributed by atoms with van der Waals surface area (Å²) in [4.78, 5) is 35.4. The lowest BCUT2D eigenvalue weighted by Gasteiger charge is -2.30. The van der Waals surface area contributed by atoms with E-state index in [2.05, 4.69) is 15.2 Å². The molecule has 4 aromatic rings. The molecule has 41 heavy (non-hydrogen) atoms. The van der Waals surface area contributed by atoms with Crippen molar-refractivity contribution in [3.05, 3.63) is 81.4 Å². The number of likely N-dealkylation sites (tertiary alicyclic amines) is 1. The zero-order valence-corrected chi connectivity index (χ0v) is 23.1. The fourth-order valence-electron chi connectivity index (χ4n) is 5.36. The van der Waals surface area contributed by atoms with Crippen LogP contribution in [0.4, 0.5) is 18.9 Å². The largest absolute Gasteiger partial charge is 0.490 e. The summed E-state index contributed by atoms with van der Waals surface area (Å²) in [5, 5.41) is 4.33. The van der Waals surface area contributed by atoms with Crippen molar-refractivity contribution in [2.75, 3.05) is 32.0 Å². The fraction of sp³-hybridized carbons (Fsp3) is 0.345. The predicted molar refractivity (Wildman–Crippen MR) is 148 cm³/mol. The van der Waals surface area contributed by atoms with Crippen molar-refractivity contribution in [3.8, 4) is 5.75 Å². The average molecular weight is 584 g/mol. The first kappa shape index (κ1) is 27.3. The zero-order chi connectivity index (χ0) is 28.7.